The van der Waals surface area contributed by atoms with Gasteiger partial charge in [-0.1, -0.05) is 57.0 Å². The smallest absolute Gasteiger partial charge is 0.355 e. The fourth-order valence-corrected chi connectivity index (χ4v) is 5.12. The summed E-state index contributed by atoms with van der Waals surface area (Å²) in [5, 5.41) is 20.8. The van der Waals surface area contributed by atoms with E-state index in [1.807, 2.05) is 12.2 Å². The summed E-state index contributed by atoms with van der Waals surface area (Å²) in [6.45, 7) is 5.47. The van der Waals surface area contributed by atoms with Crippen molar-refractivity contribution >= 4 is 35.1 Å². The predicted molar refractivity (Wildman–Crippen MR) is 117 cm³/mol. The lowest BCUT2D eigenvalue weighted by Gasteiger charge is -2.21. The highest BCUT2D eigenvalue weighted by Gasteiger charge is 2.33. The number of aliphatic hydroxyl groups excluding tert-OH is 1. The number of likely N-dealkylation sites (N-methyl/N-ethyl adjacent to an activating group) is 1. The van der Waals surface area contributed by atoms with Crippen molar-refractivity contribution in [1.82, 2.24) is 14.8 Å². The van der Waals surface area contributed by atoms with Crippen LogP contribution in [0.1, 0.15) is 50.0 Å². The van der Waals surface area contributed by atoms with E-state index in [1.54, 1.807) is 16.8 Å². The number of carbonyl (C=O) groups is 2. The van der Waals surface area contributed by atoms with Crippen molar-refractivity contribution in [3.05, 3.63) is 23.2 Å². The Balaban J connectivity index is 1.86. The van der Waals surface area contributed by atoms with Crippen LogP contribution in [0, 0.1) is 5.92 Å². The summed E-state index contributed by atoms with van der Waals surface area (Å²) in [6.07, 6.45) is 7.46. The van der Waals surface area contributed by atoms with Crippen LogP contribution in [-0.4, -0.2) is 75.0 Å². The van der Waals surface area contributed by atoms with Crippen LogP contribution < -0.4 is 0 Å². The van der Waals surface area contributed by atoms with Gasteiger partial charge >= 0.3 is 12.0 Å². The minimum Gasteiger partial charge on any atom is -0.476 e. The first kappa shape index (κ1) is 23.7. The molecule has 7 nitrogen and oxygen atoms in total. The summed E-state index contributed by atoms with van der Waals surface area (Å²) in [5.41, 5.74) is 0.0532. The quantitative estimate of drug-likeness (QED) is 0.378. The Morgan fingerprint density at radius 3 is 2.93 bits per heavy atom. The average molecular weight is 442 g/mol. The molecule has 2 N–H and O–H groups in total. The predicted octanol–water partition coefficient (Wildman–Crippen LogP) is 3.80. The molecule has 1 aliphatic rings. The van der Waals surface area contributed by atoms with E-state index in [0.717, 1.165) is 12.8 Å². The molecule has 0 bridgehead atoms. The van der Waals surface area contributed by atoms with Crippen LogP contribution in [0.15, 0.2) is 21.9 Å². The lowest BCUT2D eigenvalue weighted by Crippen LogP contribution is -2.35. The number of thiazole rings is 1. The molecule has 0 radical (unpaired) electrons. The number of carbonyl (C=O) groups excluding carboxylic acids is 1. The third kappa shape index (κ3) is 7.31. The van der Waals surface area contributed by atoms with E-state index < -0.39 is 12.1 Å². The van der Waals surface area contributed by atoms with Crippen molar-refractivity contribution in [3.63, 3.8) is 0 Å². The van der Waals surface area contributed by atoms with Crippen molar-refractivity contribution in [1.29, 1.82) is 0 Å². The fourth-order valence-electron chi connectivity index (χ4n) is 3.32. The van der Waals surface area contributed by atoms with Crippen molar-refractivity contribution in [2.75, 3.05) is 25.9 Å². The van der Waals surface area contributed by atoms with Gasteiger partial charge in [0.2, 0.25) is 0 Å². The van der Waals surface area contributed by atoms with E-state index in [0.29, 0.717) is 29.1 Å². The van der Waals surface area contributed by atoms with E-state index in [9.17, 15) is 14.7 Å². The number of carboxylic acid groups (broad SMARTS) is 1. The van der Waals surface area contributed by atoms with E-state index in [2.05, 4.69) is 18.8 Å². The zero-order valence-corrected chi connectivity index (χ0v) is 18.9. The van der Waals surface area contributed by atoms with Gasteiger partial charge in [0.1, 0.15) is 0 Å². The molecule has 29 heavy (non-hydrogen) atoms. The average Bonchev–Trinajstić information content (AvgIpc) is 3.25. The number of nitrogens with zero attached hydrogens (tertiary/aromatic N) is 3. The van der Waals surface area contributed by atoms with Gasteiger partial charge in [-0.2, -0.15) is 0 Å². The van der Waals surface area contributed by atoms with Crippen molar-refractivity contribution in [2.24, 2.45) is 5.92 Å². The molecule has 0 saturated carbocycles. The topological polar surface area (TPSA) is 94.0 Å². The molecule has 1 aromatic heterocycles. The number of hydrogen-bond acceptors (Lipinski definition) is 6. The fraction of sp³-hybridized carbons (Fsp3) is 0.650. The number of amides is 2. The molecule has 1 aromatic rings. The maximum Gasteiger partial charge on any atom is 0.355 e. The first-order valence-electron chi connectivity index (χ1n) is 10.0. The third-order valence-corrected chi connectivity index (χ3v) is 6.94. The number of rotatable bonds is 12. The second kappa shape index (κ2) is 11.6. The Morgan fingerprint density at radius 2 is 2.28 bits per heavy atom. The van der Waals surface area contributed by atoms with Crippen LogP contribution >= 0.6 is 23.1 Å². The van der Waals surface area contributed by atoms with Crippen LogP contribution in [0.3, 0.4) is 0 Å². The molecule has 1 fully saturated rings. The number of thioether (sulfide) groups is 1. The van der Waals surface area contributed by atoms with Crippen LogP contribution in [0.5, 0.6) is 0 Å². The van der Waals surface area contributed by atoms with Crippen molar-refractivity contribution in [3.8, 4) is 0 Å². The minimum absolute atomic E-state index is 0.0311. The summed E-state index contributed by atoms with van der Waals surface area (Å²) in [5.74, 6) is 0.0776. The second-order valence-corrected chi connectivity index (χ2v) is 9.71. The summed E-state index contributed by atoms with van der Waals surface area (Å²) in [4.78, 5) is 30.9. The molecule has 0 spiro atoms. The highest BCUT2D eigenvalue weighted by atomic mass is 32.2. The SMILES string of the molecule is CCCC[C@H](C)C[C@H](O)C=C[C@H]1CN(C)C(=O)N1CCSc1nc(C(=O)O)cs1. The van der Waals surface area contributed by atoms with Crippen LogP contribution in [0.4, 0.5) is 4.79 Å². The van der Waals surface area contributed by atoms with Gasteiger partial charge in [-0.3, -0.25) is 0 Å². The standard InChI is InChI=1S/C20H31N3O4S2/c1-4-5-6-14(2)11-16(24)8-7-15-12-22(3)20(27)23(15)9-10-28-19-21-17(13-29-19)18(25)26/h7-8,13-16,24H,4-6,9-12H2,1-3H3,(H,25,26)/t14-,15-,16+/m0/s1. The van der Waals surface area contributed by atoms with Crippen molar-refractivity contribution in [2.45, 2.75) is 56.0 Å². The van der Waals surface area contributed by atoms with Gasteiger partial charge < -0.3 is 20.0 Å². The molecule has 0 aliphatic carbocycles. The van der Waals surface area contributed by atoms with Gasteiger partial charge in [-0.05, 0) is 12.3 Å². The number of aromatic carboxylic acids is 1. The van der Waals surface area contributed by atoms with Gasteiger partial charge in [0.25, 0.3) is 0 Å². The number of unbranched alkanes of at least 4 members (excludes halogenated alkanes) is 1. The van der Waals surface area contributed by atoms with E-state index in [4.69, 9.17) is 5.11 Å². The maximum absolute atomic E-state index is 12.4. The molecule has 162 valence electrons. The first-order valence-corrected chi connectivity index (χ1v) is 11.9. The Kier molecular flexibility index (Phi) is 9.45. The van der Waals surface area contributed by atoms with Crippen LogP contribution in [-0.2, 0) is 0 Å². The zero-order valence-electron chi connectivity index (χ0n) is 17.3. The first-order chi connectivity index (χ1) is 13.8. The summed E-state index contributed by atoms with van der Waals surface area (Å²) in [6, 6.07) is -0.101. The van der Waals surface area contributed by atoms with Gasteiger partial charge in [-0.15, -0.1) is 11.3 Å². The molecular weight excluding hydrogens is 410 g/mol. The molecule has 2 amide bonds. The monoisotopic (exact) mass is 441 g/mol. The highest BCUT2D eigenvalue weighted by Crippen LogP contribution is 2.24. The highest BCUT2D eigenvalue weighted by molar-refractivity contribution is 8.01. The summed E-state index contributed by atoms with van der Waals surface area (Å²) >= 11 is 2.75. The van der Waals surface area contributed by atoms with E-state index in [-0.39, 0.29) is 17.8 Å². The van der Waals surface area contributed by atoms with E-state index in [1.165, 1.54) is 41.3 Å². The molecular formula is C20H31N3O4S2. The number of carboxylic acids is 1. The van der Waals surface area contributed by atoms with Gasteiger partial charge in [0.15, 0.2) is 10.0 Å². The number of urea groups is 1. The van der Waals surface area contributed by atoms with Crippen molar-refractivity contribution < 1.29 is 19.8 Å². The number of aromatic nitrogens is 1. The Hall–Kier alpha value is -1.58. The molecule has 1 saturated heterocycles. The van der Waals surface area contributed by atoms with Gasteiger partial charge in [-0.25, -0.2) is 14.6 Å². The largest absolute Gasteiger partial charge is 0.476 e. The molecule has 0 aromatic carbocycles. The Morgan fingerprint density at radius 1 is 1.52 bits per heavy atom. The number of hydrogen-bond donors (Lipinski definition) is 2. The molecule has 2 heterocycles. The molecule has 0 unspecified atom stereocenters. The third-order valence-electron chi connectivity index (χ3n) is 4.94. The summed E-state index contributed by atoms with van der Waals surface area (Å²) < 4.78 is 0.686. The lowest BCUT2D eigenvalue weighted by atomic mass is 9.97. The van der Waals surface area contributed by atoms with Crippen LogP contribution in [0.25, 0.3) is 0 Å². The van der Waals surface area contributed by atoms with Gasteiger partial charge in [0, 0.05) is 31.3 Å². The number of aliphatic hydroxyl groups is 1. The van der Waals surface area contributed by atoms with Crippen LogP contribution in [0.2, 0.25) is 0 Å². The molecule has 1 aliphatic heterocycles. The Bertz CT molecular complexity index is 710. The molecule has 3 atom stereocenters. The normalized spacial score (nSPS) is 19.3. The molecule has 9 heteroatoms. The Labute approximate surface area is 180 Å². The maximum atomic E-state index is 12.4. The van der Waals surface area contributed by atoms with Gasteiger partial charge in [0.05, 0.1) is 12.1 Å². The van der Waals surface area contributed by atoms with E-state index >= 15 is 0 Å². The second-order valence-electron chi connectivity index (χ2n) is 7.51. The summed E-state index contributed by atoms with van der Waals surface area (Å²) in [7, 11) is 1.78. The minimum atomic E-state index is -1.03. The molecule has 2 rings (SSSR count). The lowest BCUT2D eigenvalue weighted by molar-refractivity contribution is 0.0690. The zero-order chi connectivity index (χ0) is 21.4.